The van der Waals surface area contributed by atoms with Crippen LogP contribution in [0.3, 0.4) is 0 Å². The lowest BCUT2D eigenvalue weighted by molar-refractivity contribution is -0.114. The predicted molar refractivity (Wildman–Crippen MR) is 78.3 cm³/mol. The van der Waals surface area contributed by atoms with Crippen LogP contribution >= 0.6 is 11.3 Å². The van der Waals surface area contributed by atoms with Crippen LogP contribution in [0.4, 0.5) is 11.4 Å². The second-order valence-electron chi connectivity index (χ2n) is 4.15. The number of hydrogen-bond acceptors (Lipinski definition) is 4. The van der Waals surface area contributed by atoms with E-state index in [1.54, 1.807) is 11.3 Å². The number of anilines is 2. The molecule has 4 nitrogen and oxygen atoms in total. The third-order valence-electron chi connectivity index (χ3n) is 2.65. The van der Waals surface area contributed by atoms with Crippen LogP contribution in [0.1, 0.15) is 17.4 Å². The Morgan fingerprint density at radius 1 is 1.26 bits per heavy atom. The highest BCUT2D eigenvalue weighted by atomic mass is 32.1. The van der Waals surface area contributed by atoms with Gasteiger partial charge in [-0.25, -0.2) is 0 Å². The summed E-state index contributed by atoms with van der Waals surface area (Å²) >= 11 is 1.60. The van der Waals surface area contributed by atoms with Crippen molar-refractivity contribution < 1.29 is 9.90 Å². The molecule has 1 amide bonds. The summed E-state index contributed by atoms with van der Waals surface area (Å²) in [5.74, 6) is -0.0630. The maximum atomic E-state index is 11.1. The average Bonchev–Trinajstić information content (AvgIpc) is 2.83. The largest absolute Gasteiger partial charge is 0.392 e. The highest BCUT2D eigenvalue weighted by Crippen LogP contribution is 2.23. The van der Waals surface area contributed by atoms with Gasteiger partial charge in [0, 0.05) is 17.5 Å². The van der Waals surface area contributed by atoms with Crippen molar-refractivity contribution in [1.82, 2.24) is 0 Å². The van der Waals surface area contributed by atoms with E-state index < -0.39 is 0 Å². The maximum Gasteiger partial charge on any atom is 0.221 e. The van der Waals surface area contributed by atoms with Crippen LogP contribution in [0.2, 0.25) is 0 Å². The first-order chi connectivity index (χ1) is 9.19. The van der Waals surface area contributed by atoms with Crippen molar-refractivity contribution in [3.63, 3.8) is 0 Å². The SMILES string of the molecule is CC(=O)Nc1ccsc1CNc1ccc(CO)cc1. The van der Waals surface area contributed by atoms with Crippen LogP contribution in [0.25, 0.3) is 0 Å². The first-order valence-corrected chi connectivity index (χ1v) is 6.84. The Bertz CT molecular complexity index is 549. The zero-order valence-electron chi connectivity index (χ0n) is 10.6. The molecule has 0 bridgehead atoms. The normalized spacial score (nSPS) is 10.2. The summed E-state index contributed by atoms with van der Waals surface area (Å²) in [6.45, 7) is 2.21. The highest BCUT2D eigenvalue weighted by Gasteiger charge is 2.05. The molecular weight excluding hydrogens is 260 g/mol. The molecule has 0 aliphatic rings. The molecule has 5 heteroatoms. The molecule has 0 spiro atoms. The van der Waals surface area contributed by atoms with Crippen LogP contribution in [0.15, 0.2) is 35.7 Å². The number of hydrogen-bond donors (Lipinski definition) is 3. The summed E-state index contributed by atoms with van der Waals surface area (Å²) in [5, 5.41) is 17.0. The van der Waals surface area contributed by atoms with Gasteiger partial charge in [0.25, 0.3) is 0 Å². The van der Waals surface area contributed by atoms with Crippen molar-refractivity contribution in [2.75, 3.05) is 10.6 Å². The Morgan fingerprint density at radius 3 is 2.63 bits per heavy atom. The number of aliphatic hydroxyl groups excluding tert-OH is 1. The average molecular weight is 276 g/mol. The smallest absolute Gasteiger partial charge is 0.221 e. The van der Waals surface area contributed by atoms with E-state index in [2.05, 4.69) is 10.6 Å². The topological polar surface area (TPSA) is 61.4 Å². The number of nitrogens with one attached hydrogen (secondary N) is 2. The monoisotopic (exact) mass is 276 g/mol. The van der Waals surface area contributed by atoms with Gasteiger partial charge in [0.05, 0.1) is 18.8 Å². The third kappa shape index (κ3) is 3.81. The van der Waals surface area contributed by atoms with E-state index in [-0.39, 0.29) is 12.5 Å². The molecule has 2 rings (SSSR count). The minimum atomic E-state index is -0.0630. The van der Waals surface area contributed by atoms with E-state index in [1.807, 2.05) is 35.7 Å². The van der Waals surface area contributed by atoms with Crippen molar-refractivity contribution in [2.24, 2.45) is 0 Å². The number of amides is 1. The van der Waals surface area contributed by atoms with E-state index in [1.165, 1.54) is 6.92 Å². The van der Waals surface area contributed by atoms with Crippen LogP contribution in [-0.2, 0) is 17.9 Å². The molecule has 1 aromatic heterocycles. The molecule has 0 radical (unpaired) electrons. The molecule has 0 aliphatic heterocycles. The molecule has 1 aromatic carbocycles. The van der Waals surface area contributed by atoms with Gasteiger partial charge in [-0.05, 0) is 29.1 Å². The van der Waals surface area contributed by atoms with E-state index in [4.69, 9.17) is 5.11 Å². The van der Waals surface area contributed by atoms with Gasteiger partial charge in [0.1, 0.15) is 0 Å². The van der Waals surface area contributed by atoms with Gasteiger partial charge >= 0.3 is 0 Å². The number of rotatable bonds is 5. The fraction of sp³-hybridized carbons (Fsp3) is 0.214. The van der Waals surface area contributed by atoms with E-state index in [0.29, 0.717) is 6.54 Å². The van der Waals surface area contributed by atoms with Crippen molar-refractivity contribution >= 4 is 28.6 Å². The molecule has 2 aromatic rings. The molecule has 0 atom stereocenters. The minimum Gasteiger partial charge on any atom is -0.392 e. The minimum absolute atomic E-state index is 0.0535. The molecular formula is C14H16N2O2S. The molecule has 0 saturated carbocycles. The quantitative estimate of drug-likeness (QED) is 0.787. The number of thiophene rings is 1. The summed E-state index contributed by atoms with van der Waals surface area (Å²) in [6.07, 6.45) is 0. The molecule has 0 saturated heterocycles. The van der Waals surface area contributed by atoms with Crippen molar-refractivity contribution in [3.8, 4) is 0 Å². The van der Waals surface area contributed by atoms with Crippen LogP contribution < -0.4 is 10.6 Å². The van der Waals surface area contributed by atoms with Crippen LogP contribution in [0.5, 0.6) is 0 Å². The fourth-order valence-corrected chi connectivity index (χ4v) is 2.46. The predicted octanol–water partition coefficient (Wildman–Crippen LogP) is 2.81. The Kier molecular flexibility index (Phi) is 4.54. The number of carbonyl (C=O) groups excluding carboxylic acids is 1. The van der Waals surface area contributed by atoms with Gasteiger partial charge in [0.2, 0.25) is 5.91 Å². The summed E-state index contributed by atoms with van der Waals surface area (Å²) in [7, 11) is 0. The molecule has 0 unspecified atom stereocenters. The molecule has 1 heterocycles. The number of carbonyl (C=O) groups is 1. The Morgan fingerprint density at radius 2 is 2.00 bits per heavy atom. The van der Waals surface area contributed by atoms with Crippen molar-refractivity contribution in [3.05, 3.63) is 46.2 Å². The van der Waals surface area contributed by atoms with Gasteiger partial charge in [-0.2, -0.15) is 0 Å². The summed E-state index contributed by atoms with van der Waals surface area (Å²) in [4.78, 5) is 12.1. The summed E-state index contributed by atoms with van der Waals surface area (Å²) < 4.78 is 0. The van der Waals surface area contributed by atoms with Crippen molar-refractivity contribution in [1.29, 1.82) is 0 Å². The third-order valence-corrected chi connectivity index (χ3v) is 3.57. The van der Waals surface area contributed by atoms with Gasteiger partial charge in [-0.3, -0.25) is 4.79 Å². The first-order valence-electron chi connectivity index (χ1n) is 5.96. The van der Waals surface area contributed by atoms with E-state index in [9.17, 15) is 4.79 Å². The second-order valence-corrected chi connectivity index (χ2v) is 5.15. The molecule has 0 fully saturated rings. The lowest BCUT2D eigenvalue weighted by atomic mass is 10.2. The standard InChI is InChI=1S/C14H16N2O2S/c1-10(18)16-13-6-7-19-14(13)8-15-12-4-2-11(9-17)3-5-12/h2-7,15,17H,8-9H2,1H3,(H,16,18). The summed E-state index contributed by atoms with van der Waals surface area (Å²) in [5.41, 5.74) is 2.73. The Hall–Kier alpha value is -1.85. The second kappa shape index (κ2) is 6.36. The zero-order chi connectivity index (χ0) is 13.7. The molecule has 0 aliphatic carbocycles. The van der Waals surface area contributed by atoms with Crippen LogP contribution in [0, 0.1) is 0 Å². The van der Waals surface area contributed by atoms with Crippen LogP contribution in [-0.4, -0.2) is 11.0 Å². The zero-order valence-corrected chi connectivity index (χ0v) is 11.5. The van der Waals surface area contributed by atoms with Gasteiger partial charge in [0.15, 0.2) is 0 Å². The number of aliphatic hydroxyl groups is 1. The van der Waals surface area contributed by atoms with Gasteiger partial charge in [-0.1, -0.05) is 12.1 Å². The lowest BCUT2D eigenvalue weighted by Gasteiger charge is -2.08. The first kappa shape index (κ1) is 13.6. The highest BCUT2D eigenvalue weighted by molar-refractivity contribution is 7.10. The van der Waals surface area contributed by atoms with Crippen molar-refractivity contribution in [2.45, 2.75) is 20.1 Å². The van der Waals surface area contributed by atoms with E-state index in [0.717, 1.165) is 21.8 Å². The van der Waals surface area contributed by atoms with E-state index >= 15 is 0 Å². The Labute approximate surface area is 116 Å². The molecule has 3 N–H and O–H groups in total. The van der Waals surface area contributed by atoms with Gasteiger partial charge < -0.3 is 15.7 Å². The molecule has 100 valence electrons. The fourth-order valence-electron chi connectivity index (χ4n) is 1.69. The Balaban J connectivity index is 1.98. The lowest BCUT2D eigenvalue weighted by Crippen LogP contribution is -2.08. The molecule has 19 heavy (non-hydrogen) atoms. The number of benzene rings is 1. The summed E-state index contributed by atoms with van der Waals surface area (Å²) in [6, 6.07) is 9.52. The maximum absolute atomic E-state index is 11.1. The van der Waals surface area contributed by atoms with Gasteiger partial charge in [-0.15, -0.1) is 11.3 Å².